The average molecular weight is 216 g/mol. The second kappa shape index (κ2) is 4.20. The average Bonchev–Trinajstić information content (AvgIpc) is 2.16. The maximum atomic E-state index is 12.5. The van der Waals surface area contributed by atoms with Crippen LogP contribution in [0.4, 0.5) is 14.6 Å². The molecule has 1 heterocycles. The first kappa shape index (κ1) is 11.4. The Kier molecular flexibility index (Phi) is 3.18. The van der Waals surface area contributed by atoms with Gasteiger partial charge in [-0.15, -0.1) is 0 Å². The molecule has 82 valence electrons. The predicted molar refractivity (Wildman–Crippen MR) is 49.7 cm³/mol. The highest BCUT2D eigenvalue weighted by atomic mass is 19.3. The second-order valence-corrected chi connectivity index (χ2v) is 2.89. The molecule has 0 aliphatic rings. The van der Waals surface area contributed by atoms with Crippen LogP contribution >= 0.6 is 0 Å². The normalized spacial score (nSPS) is 10.5. The van der Waals surface area contributed by atoms with E-state index in [1.54, 1.807) is 0 Å². The number of nitrogens with zero attached hydrogens (tertiary/aromatic N) is 1. The largest absolute Gasteiger partial charge is 0.465 e. The summed E-state index contributed by atoms with van der Waals surface area (Å²) in [5.41, 5.74) is 5.09. The minimum absolute atomic E-state index is 0.101. The number of rotatable bonds is 2. The Morgan fingerprint density at radius 1 is 1.60 bits per heavy atom. The number of carbonyl (C=O) groups excluding carboxylic acids is 1. The summed E-state index contributed by atoms with van der Waals surface area (Å²) >= 11 is 0. The van der Waals surface area contributed by atoms with Gasteiger partial charge < -0.3 is 10.5 Å². The molecule has 0 aromatic carbocycles. The van der Waals surface area contributed by atoms with Crippen LogP contribution < -0.4 is 5.73 Å². The Morgan fingerprint density at radius 2 is 2.20 bits per heavy atom. The molecule has 0 unspecified atom stereocenters. The zero-order chi connectivity index (χ0) is 11.6. The highest BCUT2D eigenvalue weighted by Crippen LogP contribution is 2.26. The molecule has 0 saturated heterocycles. The lowest BCUT2D eigenvalue weighted by Gasteiger charge is -2.10. The molecule has 0 spiro atoms. The van der Waals surface area contributed by atoms with Crippen LogP contribution in [0.3, 0.4) is 0 Å². The van der Waals surface area contributed by atoms with Gasteiger partial charge >= 0.3 is 5.97 Å². The van der Waals surface area contributed by atoms with Gasteiger partial charge in [-0.3, -0.25) is 0 Å². The van der Waals surface area contributed by atoms with Crippen molar-refractivity contribution in [1.29, 1.82) is 0 Å². The Labute approximate surface area is 85.1 Å². The SMILES string of the molecule is COC(=O)c1c(N)ncc(C(F)F)c1C. The molecule has 0 amide bonds. The van der Waals surface area contributed by atoms with E-state index in [4.69, 9.17) is 5.73 Å². The third-order valence-corrected chi connectivity index (χ3v) is 2.03. The van der Waals surface area contributed by atoms with Gasteiger partial charge in [0.2, 0.25) is 0 Å². The van der Waals surface area contributed by atoms with E-state index in [9.17, 15) is 13.6 Å². The van der Waals surface area contributed by atoms with Crippen LogP contribution in [0, 0.1) is 6.92 Å². The quantitative estimate of drug-likeness (QED) is 0.764. The summed E-state index contributed by atoms with van der Waals surface area (Å²) in [4.78, 5) is 14.8. The van der Waals surface area contributed by atoms with E-state index in [1.807, 2.05) is 0 Å². The Balaban J connectivity index is 3.36. The molecule has 0 bridgehead atoms. The lowest BCUT2D eigenvalue weighted by atomic mass is 10.1. The summed E-state index contributed by atoms with van der Waals surface area (Å²) in [5.74, 6) is -0.872. The maximum Gasteiger partial charge on any atom is 0.341 e. The van der Waals surface area contributed by atoms with Gasteiger partial charge in [-0.25, -0.2) is 18.6 Å². The first-order chi connectivity index (χ1) is 6.99. The highest BCUT2D eigenvalue weighted by molar-refractivity contribution is 5.95. The predicted octanol–water partition coefficient (Wildman–Crippen LogP) is 1.70. The molecule has 6 heteroatoms. The maximum absolute atomic E-state index is 12.5. The van der Waals surface area contributed by atoms with E-state index in [0.717, 1.165) is 13.3 Å². The van der Waals surface area contributed by atoms with Gasteiger partial charge in [0.25, 0.3) is 6.43 Å². The zero-order valence-electron chi connectivity index (χ0n) is 8.25. The molecule has 0 atom stereocenters. The number of carbonyl (C=O) groups is 1. The van der Waals surface area contributed by atoms with Crippen molar-refractivity contribution >= 4 is 11.8 Å². The monoisotopic (exact) mass is 216 g/mol. The van der Waals surface area contributed by atoms with E-state index in [2.05, 4.69) is 9.72 Å². The van der Waals surface area contributed by atoms with Crippen molar-refractivity contribution in [1.82, 2.24) is 4.98 Å². The number of ether oxygens (including phenoxy) is 1. The smallest absolute Gasteiger partial charge is 0.341 e. The van der Waals surface area contributed by atoms with Crippen molar-refractivity contribution < 1.29 is 18.3 Å². The van der Waals surface area contributed by atoms with E-state index in [0.29, 0.717) is 0 Å². The van der Waals surface area contributed by atoms with Crippen LogP contribution in [-0.4, -0.2) is 18.1 Å². The molecule has 4 nitrogen and oxygen atoms in total. The fourth-order valence-electron chi connectivity index (χ4n) is 1.22. The van der Waals surface area contributed by atoms with Gasteiger partial charge in [0.1, 0.15) is 11.4 Å². The number of alkyl halides is 2. The number of pyridine rings is 1. The Morgan fingerprint density at radius 3 is 2.67 bits per heavy atom. The van der Waals surface area contributed by atoms with Gasteiger partial charge in [0.05, 0.1) is 7.11 Å². The standard InChI is InChI=1S/C9H10F2N2O2/c1-4-5(7(10)11)3-13-8(12)6(4)9(14)15-2/h3,7H,1-2H3,(H2,12,13). The molecule has 1 rings (SSSR count). The molecule has 0 aliphatic heterocycles. The summed E-state index contributed by atoms with van der Waals surface area (Å²) in [7, 11) is 1.15. The second-order valence-electron chi connectivity index (χ2n) is 2.89. The van der Waals surface area contributed by atoms with E-state index in [-0.39, 0.29) is 22.5 Å². The topological polar surface area (TPSA) is 65.2 Å². The van der Waals surface area contributed by atoms with Gasteiger partial charge in [-0.1, -0.05) is 0 Å². The molecule has 0 fully saturated rings. The number of nitrogens with two attached hydrogens (primary N) is 1. The molecule has 0 saturated carbocycles. The van der Waals surface area contributed by atoms with Crippen LogP contribution in [0.15, 0.2) is 6.20 Å². The van der Waals surface area contributed by atoms with E-state index >= 15 is 0 Å². The molecular formula is C9H10F2N2O2. The number of esters is 1. The lowest BCUT2D eigenvalue weighted by Crippen LogP contribution is -2.11. The zero-order valence-corrected chi connectivity index (χ0v) is 8.25. The van der Waals surface area contributed by atoms with Gasteiger partial charge in [-0.05, 0) is 12.5 Å². The summed E-state index contributed by atoms with van der Waals surface area (Å²) in [5, 5.41) is 0. The van der Waals surface area contributed by atoms with Crippen molar-refractivity contribution in [3.63, 3.8) is 0 Å². The summed E-state index contributed by atoms with van der Waals surface area (Å²) < 4.78 is 29.4. The number of anilines is 1. The molecule has 2 N–H and O–H groups in total. The fraction of sp³-hybridized carbons (Fsp3) is 0.333. The summed E-state index contributed by atoms with van der Waals surface area (Å²) in [6, 6.07) is 0. The van der Waals surface area contributed by atoms with Crippen molar-refractivity contribution in [2.45, 2.75) is 13.3 Å². The van der Waals surface area contributed by atoms with E-state index in [1.165, 1.54) is 6.92 Å². The van der Waals surface area contributed by atoms with Crippen LogP contribution in [0.1, 0.15) is 27.9 Å². The fourth-order valence-corrected chi connectivity index (χ4v) is 1.22. The molecule has 0 aliphatic carbocycles. The van der Waals surface area contributed by atoms with Crippen molar-refractivity contribution in [2.24, 2.45) is 0 Å². The third-order valence-electron chi connectivity index (χ3n) is 2.03. The van der Waals surface area contributed by atoms with Gasteiger partial charge in [0.15, 0.2) is 0 Å². The van der Waals surface area contributed by atoms with Crippen LogP contribution in [0.5, 0.6) is 0 Å². The van der Waals surface area contributed by atoms with E-state index < -0.39 is 12.4 Å². The van der Waals surface area contributed by atoms with Crippen molar-refractivity contribution in [3.05, 3.63) is 22.9 Å². The number of halogens is 2. The first-order valence-electron chi connectivity index (χ1n) is 4.10. The highest BCUT2D eigenvalue weighted by Gasteiger charge is 2.21. The summed E-state index contributed by atoms with van der Waals surface area (Å²) in [6.07, 6.45) is -1.73. The van der Waals surface area contributed by atoms with Gasteiger partial charge in [-0.2, -0.15) is 0 Å². The lowest BCUT2D eigenvalue weighted by molar-refractivity contribution is 0.0600. The molecular weight excluding hydrogens is 206 g/mol. The Bertz CT molecular complexity index is 394. The van der Waals surface area contributed by atoms with Crippen LogP contribution in [-0.2, 0) is 4.74 Å². The van der Waals surface area contributed by atoms with Crippen molar-refractivity contribution in [2.75, 3.05) is 12.8 Å². The summed E-state index contributed by atoms with van der Waals surface area (Å²) in [6.45, 7) is 1.38. The molecule has 1 aromatic rings. The minimum atomic E-state index is -2.69. The number of aromatic nitrogens is 1. The number of hydrogen-bond acceptors (Lipinski definition) is 4. The van der Waals surface area contributed by atoms with Crippen LogP contribution in [0.2, 0.25) is 0 Å². The first-order valence-corrected chi connectivity index (χ1v) is 4.10. The Hall–Kier alpha value is -1.72. The molecule has 15 heavy (non-hydrogen) atoms. The third kappa shape index (κ3) is 2.03. The minimum Gasteiger partial charge on any atom is -0.465 e. The van der Waals surface area contributed by atoms with Gasteiger partial charge in [0, 0.05) is 11.8 Å². The molecule has 0 radical (unpaired) electrons. The van der Waals surface area contributed by atoms with Crippen LogP contribution in [0.25, 0.3) is 0 Å². The number of hydrogen-bond donors (Lipinski definition) is 1. The number of nitrogen functional groups attached to an aromatic ring is 1. The molecule has 1 aromatic heterocycles. The number of methoxy groups -OCH3 is 1. The van der Waals surface area contributed by atoms with Crippen molar-refractivity contribution in [3.8, 4) is 0 Å².